The molecule has 0 atom stereocenters. The van der Waals surface area contributed by atoms with Gasteiger partial charge in [0.15, 0.2) is 0 Å². The number of sulfonamides is 1. The Balaban J connectivity index is 2.47. The number of aromatic nitrogens is 2. The monoisotopic (exact) mass is 265 g/mol. The summed E-state index contributed by atoms with van der Waals surface area (Å²) in [5.74, 6) is 0. The van der Waals surface area contributed by atoms with Crippen LogP contribution in [0.2, 0.25) is 5.02 Å². The highest BCUT2D eigenvalue weighted by Crippen LogP contribution is 2.18. The molecule has 0 aliphatic carbocycles. The zero-order valence-corrected chi connectivity index (χ0v) is 11.2. The van der Waals surface area contributed by atoms with Crippen molar-refractivity contribution >= 4 is 21.6 Å². The average molecular weight is 266 g/mol. The van der Waals surface area contributed by atoms with Gasteiger partial charge in [-0.05, 0) is 20.3 Å². The smallest absolute Gasteiger partial charge is 0.208 e. The van der Waals surface area contributed by atoms with Gasteiger partial charge in [-0.2, -0.15) is 5.10 Å². The lowest BCUT2D eigenvalue weighted by Gasteiger charge is -2.04. The second kappa shape index (κ2) is 5.16. The first-order valence-corrected chi connectivity index (χ1v) is 7.22. The third-order valence-corrected chi connectivity index (χ3v) is 3.48. The van der Waals surface area contributed by atoms with E-state index in [9.17, 15) is 8.42 Å². The molecule has 0 aliphatic rings. The number of nitrogens with zero attached hydrogens (tertiary/aromatic N) is 2. The number of hydrogen-bond donors (Lipinski definition) is 1. The summed E-state index contributed by atoms with van der Waals surface area (Å²) < 4.78 is 25.9. The molecule has 1 N–H and O–H groups in total. The summed E-state index contributed by atoms with van der Waals surface area (Å²) in [5.41, 5.74) is 1.72. The number of rotatable bonds is 5. The Hall–Kier alpha value is -0.590. The van der Waals surface area contributed by atoms with E-state index in [1.54, 1.807) is 4.68 Å². The highest BCUT2D eigenvalue weighted by Gasteiger charge is 2.08. The molecule has 0 aliphatic heterocycles. The Morgan fingerprint density at radius 3 is 2.50 bits per heavy atom. The van der Waals surface area contributed by atoms with E-state index in [2.05, 4.69) is 9.82 Å². The van der Waals surface area contributed by atoms with Crippen molar-refractivity contribution in [1.82, 2.24) is 14.5 Å². The van der Waals surface area contributed by atoms with Gasteiger partial charge >= 0.3 is 0 Å². The Kier molecular flexibility index (Phi) is 4.35. The second-order valence-electron chi connectivity index (χ2n) is 3.73. The SMILES string of the molecule is Cc1nn(CCCNS(C)(=O)=O)c(C)c1Cl. The van der Waals surface area contributed by atoms with Crippen LogP contribution in [-0.2, 0) is 16.6 Å². The first-order chi connectivity index (χ1) is 7.31. The Morgan fingerprint density at radius 2 is 2.06 bits per heavy atom. The maximum Gasteiger partial charge on any atom is 0.208 e. The van der Waals surface area contributed by atoms with Gasteiger partial charge in [0.05, 0.1) is 22.7 Å². The summed E-state index contributed by atoms with van der Waals surface area (Å²) in [5, 5.41) is 4.93. The van der Waals surface area contributed by atoms with Crippen LogP contribution in [0.25, 0.3) is 0 Å². The topological polar surface area (TPSA) is 64.0 Å². The first kappa shape index (κ1) is 13.5. The van der Waals surface area contributed by atoms with Crippen molar-refractivity contribution in [1.29, 1.82) is 0 Å². The maximum absolute atomic E-state index is 10.8. The van der Waals surface area contributed by atoms with E-state index in [1.165, 1.54) is 0 Å². The molecule has 5 nitrogen and oxygen atoms in total. The molecule has 0 unspecified atom stereocenters. The summed E-state index contributed by atoms with van der Waals surface area (Å²) in [4.78, 5) is 0. The van der Waals surface area contributed by atoms with E-state index in [0.29, 0.717) is 24.5 Å². The fourth-order valence-corrected chi connectivity index (χ4v) is 2.03. The highest BCUT2D eigenvalue weighted by molar-refractivity contribution is 7.88. The van der Waals surface area contributed by atoms with Crippen LogP contribution < -0.4 is 4.72 Å². The third-order valence-electron chi connectivity index (χ3n) is 2.20. The van der Waals surface area contributed by atoms with Gasteiger partial charge in [0, 0.05) is 13.1 Å². The van der Waals surface area contributed by atoms with E-state index < -0.39 is 10.0 Å². The van der Waals surface area contributed by atoms with Gasteiger partial charge in [0.1, 0.15) is 0 Å². The van der Waals surface area contributed by atoms with Crippen LogP contribution in [0.15, 0.2) is 0 Å². The minimum Gasteiger partial charge on any atom is -0.268 e. The summed E-state index contributed by atoms with van der Waals surface area (Å²) in [6.07, 6.45) is 1.83. The van der Waals surface area contributed by atoms with Crippen molar-refractivity contribution in [3.05, 3.63) is 16.4 Å². The van der Waals surface area contributed by atoms with Crippen molar-refractivity contribution in [3.63, 3.8) is 0 Å². The average Bonchev–Trinajstić information content (AvgIpc) is 2.40. The molecule has 1 aromatic heterocycles. The van der Waals surface area contributed by atoms with E-state index in [-0.39, 0.29) is 0 Å². The van der Waals surface area contributed by atoms with Gasteiger partial charge < -0.3 is 0 Å². The number of aryl methyl sites for hydroxylation is 2. The quantitative estimate of drug-likeness (QED) is 0.811. The van der Waals surface area contributed by atoms with E-state index in [1.807, 2.05) is 13.8 Å². The van der Waals surface area contributed by atoms with Gasteiger partial charge in [0.25, 0.3) is 0 Å². The van der Waals surface area contributed by atoms with Crippen molar-refractivity contribution in [2.45, 2.75) is 26.8 Å². The first-order valence-electron chi connectivity index (χ1n) is 4.95. The van der Waals surface area contributed by atoms with Crippen molar-refractivity contribution in [2.24, 2.45) is 0 Å². The normalized spacial score (nSPS) is 12.0. The standard InChI is InChI=1S/C9H16ClN3O2S/c1-7-9(10)8(2)13(12-7)6-4-5-11-16(3,14)15/h11H,4-6H2,1-3H3. The van der Waals surface area contributed by atoms with Crippen LogP contribution in [0.1, 0.15) is 17.8 Å². The van der Waals surface area contributed by atoms with Crippen molar-refractivity contribution in [3.8, 4) is 0 Å². The summed E-state index contributed by atoms with van der Waals surface area (Å²) in [6, 6.07) is 0. The van der Waals surface area contributed by atoms with E-state index >= 15 is 0 Å². The Morgan fingerprint density at radius 1 is 1.44 bits per heavy atom. The second-order valence-corrected chi connectivity index (χ2v) is 5.94. The van der Waals surface area contributed by atoms with E-state index in [4.69, 9.17) is 11.6 Å². The molecule has 0 aromatic carbocycles. The predicted octanol–water partition coefficient (Wildman–Crippen LogP) is 1.09. The minimum atomic E-state index is -3.10. The number of hydrogen-bond acceptors (Lipinski definition) is 3. The molecule has 0 bridgehead atoms. The molecule has 1 rings (SSSR count). The predicted molar refractivity (Wildman–Crippen MR) is 64.2 cm³/mol. The third kappa shape index (κ3) is 3.77. The largest absolute Gasteiger partial charge is 0.268 e. The van der Waals surface area contributed by atoms with Gasteiger partial charge in [0.2, 0.25) is 10.0 Å². The summed E-state index contributed by atoms with van der Waals surface area (Å²) in [7, 11) is -3.10. The van der Waals surface area contributed by atoms with Crippen LogP contribution in [0, 0.1) is 13.8 Å². The molecule has 0 spiro atoms. The Labute approximate surface area is 101 Å². The van der Waals surface area contributed by atoms with Gasteiger partial charge in [-0.15, -0.1) is 0 Å². The summed E-state index contributed by atoms with van der Waals surface area (Å²) in [6.45, 7) is 4.81. The molecule has 1 heterocycles. The molecule has 1 aromatic rings. The van der Waals surface area contributed by atoms with Crippen LogP contribution in [0.5, 0.6) is 0 Å². The highest BCUT2D eigenvalue weighted by atomic mass is 35.5. The zero-order valence-electron chi connectivity index (χ0n) is 9.62. The van der Waals surface area contributed by atoms with Gasteiger partial charge in [-0.25, -0.2) is 13.1 Å². The minimum absolute atomic E-state index is 0.412. The lowest BCUT2D eigenvalue weighted by atomic mass is 10.4. The van der Waals surface area contributed by atoms with Crippen LogP contribution in [-0.4, -0.2) is 31.0 Å². The molecule has 92 valence electrons. The molecule has 0 fully saturated rings. The molecule has 0 saturated carbocycles. The van der Waals surface area contributed by atoms with Gasteiger partial charge in [-0.1, -0.05) is 11.6 Å². The van der Waals surface area contributed by atoms with Crippen molar-refractivity contribution < 1.29 is 8.42 Å². The fraction of sp³-hybridized carbons (Fsp3) is 0.667. The fourth-order valence-electron chi connectivity index (χ4n) is 1.38. The number of nitrogens with one attached hydrogen (secondary N) is 1. The number of halogens is 1. The molecular formula is C9H16ClN3O2S. The molecule has 0 amide bonds. The molecule has 16 heavy (non-hydrogen) atoms. The molecular weight excluding hydrogens is 250 g/mol. The van der Waals surface area contributed by atoms with Crippen LogP contribution in [0.3, 0.4) is 0 Å². The molecule has 0 saturated heterocycles. The molecule has 0 radical (unpaired) electrons. The molecule has 7 heteroatoms. The van der Waals surface area contributed by atoms with Crippen molar-refractivity contribution in [2.75, 3.05) is 12.8 Å². The Bertz CT molecular complexity index is 467. The van der Waals surface area contributed by atoms with Crippen LogP contribution in [0.4, 0.5) is 0 Å². The van der Waals surface area contributed by atoms with E-state index in [0.717, 1.165) is 17.6 Å². The maximum atomic E-state index is 10.8. The zero-order chi connectivity index (χ0) is 12.3. The van der Waals surface area contributed by atoms with Gasteiger partial charge in [-0.3, -0.25) is 4.68 Å². The van der Waals surface area contributed by atoms with Crippen LogP contribution >= 0.6 is 11.6 Å². The summed E-state index contributed by atoms with van der Waals surface area (Å²) >= 11 is 5.99. The lowest BCUT2D eigenvalue weighted by molar-refractivity contribution is 0.546. The lowest BCUT2D eigenvalue weighted by Crippen LogP contribution is -2.24.